The normalized spacial score (nSPS) is 22.7. The summed E-state index contributed by atoms with van der Waals surface area (Å²) in [5.74, 6) is -2.83. The van der Waals surface area contributed by atoms with Crippen molar-refractivity contribution in [2.24, 2.45) is 16.7 Å². The van der Waals surface area contributed by atoms with Gasteiger partial charge in [-0.2, -0.15) is 0 Å². The minimum Gasteiger partial charge on any atom is -0.467 e. The second kappa shape index (κ2) is 12.8. The number of rotatable bonds is 7. The van der Waals surface area contributed by atoms with Gasteiger partial charge in [0, 0.05) is 32.1 Å². The average molecular weight is 627 g/mol. The number of hydrogen-bond donors (Lipinski definition) is 1. The quantitative estimate of drug-likeness (QED) is 0.452. The van der Waals surface area contributed by atoms with E-state index in [2.05, 4.69) is 5.32 Å². The lowest BCUT2D eigenvalue weighted by atomic mass is 9.65. The largest absolute Gasteiger partial charge is 0.467 e. The standard InChI is InChI=1S/C30H41Cl2N3O7/c1-28(2,3)42-27(40)30(6)12-11-18(29(30,4)5)24(37)33-21(26(39)41-7)17-22(36)34-13-15-35(16-14-34)25(38)23-19(31)9-8-10-20(23)32/h8-10,18,21H,11-17H2,1-7H3,(H,33,37). The molecule has 0 aromatic heterocycles. The number of carbonyl (C=O) groups excluding carboxylic acids is 5. The first-order chi connectivity index (χ1) is 19.4. The van der Waals surface area contributed by atoms with Crippen molar-refractivity contribution in [2.75, 3.05) is 33.3 Å². The number of methoxy groups -OCH3 is 1. The topological polar surface area (TPSA) is 122 Å². The van der Waals surface area contributed by atoms with Crippen molar-refractivity contribution in [3.8, 4) is 0 Å². The van der Waals surface area contributed by atoms with Crippen LogP contribution in [-0.4, -0.2) is 84.4 Å². The van der Waals surface area contributed by atoms with E-state index in [0.29, 0.717) is 12.8 Å². The molecule has 3 amide bonds. The van der Waals surface area contributed by atoms with E-state index in [1.807, 2.05) is 13.8 Å². The van der Waals surface area contributed by atoms with Crippen LogP contribution in [0.25, 0.3) is 0 Å². The Bertz CT molecular complexity index is 1220. The van der Waals surface area contributed by atoms with E-state index in [9.17, 15) is 24.0 Å². The summed E-state index contributed by atoms with van der Waals surface area (Å²) in [5, 5.41) is 3.21. The zero-order chi connectivity index (χ0) is 31.6. The first kappa shape index (κ1) is 33.6. The number of piperazine rings is 1. The Labute approximate surface area is 257 Å². The van der Waals surface area contributed by atoms with Crippen molar-refractivity contribution < 1.29 is 33.4 Å². The van der Waals surface area contributed by atoms with E-state index in [1.54, 1.807) is 55.7 Å². The molecule has 0 bridgehead atoms. The predicted octanol–water partition coefficient (Wildman–Crippen LogP) is 4.11. The van der Waals surface area contributed by atoms with E-state index < -0.39 is 40.3 Å². The number of hydrogen-bond acceptors (Lipinski definition) is 7. The fourth-order valence-electron chi connectivity index (χ4n) is 5.65. The Morgan fingerprint density at radius 3 is 2.07 bits per heavy atom. The highest BCUT2D eigenvalue weighted by Gasteiger charge is 2.59. The molecule has 3 unspecified atom stereocenters. The second-order valence-corrected chi connectivity index (χ2v) is 13.5. The van der Waals surface area contributed by atoms with Gasteiger partial charge in [-0.3, -0.25) is 19.2 Å². The maximum absolute atomic E-state index is 13.5. The Morgan fingerprint density at radius 1 is 1.00 bits per heavy atom. The smallest absolute Gasteiger partial charge is 0.328 e. The van der Waals surface area contributed by atoms with Gasteiger partial charge in [0.05, 0.1) is 34.6 Å². The summed E-state index contributed by atoms with van der Waals surface area (Å²) in [6.45, 7) is 11.9. The molecule has 1 saturated heterocycles. The molecule has 1 N–H and O–H groups in total. The Morgan fingerprint density at radius 2 is 1.55 bits per heavy atom. The average Bonchev–Trinajstić information content (AvgIpc) is 3.15. The monoisotopic (exact) mass is 625 g/mol. The highest BCUT2D eigenvalue weighted by Crippen LogP contribution is 2.57. The predicted molar refractivity (Wildman–Crippen MR) is 158 cm³/mol. The van der Waals surface area contributed by atoms with E-state index in [4.69, 9.17) is 32.7 Å². The van der Waals surface area contributed by atoms with Crippen LogP contribution in [0.15, 0.2) is 18.2 Å². The van der Waals surface area contributed by atoms with Gasteiger partial charge in [0.2, 0.25) is 11.8 Å². The Balaban J connectivity index is 1.64. The highest BCUT2D eigenvalue weighted by atomic mass is 35.5. The fourth-order valence-corrected chi connectivity index (χ4v) is 6.21. The van der Waals surface area contributed by atoms with Gasteiger partial charge in [0.1, 0.15) is 11.6 Å². The van der Waals surface area contributed by atoms with Crippen molar-refractivity contribution in [2.45, 2.75) is 72.4 Å². The third kappa shape index (κ3) is 7.02. The van der Waals surface area contributed by atoms with Gasteiger partial charge in [-0.15, -0.1) is 0 Å². The number of nitrogens with zero attached hydrogens (tertiary/aromatic N) is 2. The number of esters is 2. The third-order valence-electron chi connectivity index (χ3n) is 8.67. The summed E-state index contributed by atoms with van der Waals surface area (Å²) in [6, 6.07) is 3.63. The molecule has 1 aromatic rings. The Hall–Kier alpha value is -2.85. The molecule has 1 aliphatic heterocycles. The van der Waals surface area contributed by atoms with Gasteiger partial charge in [0.25, 0.3) is 5.91 Å². The van der Waals surface area contributed by atoms with Crippen LogP contribution < -0.4 is 5.32 Å². The van der Waals surface area contributed by atoms with Crippen molar-refractivity contribution in [1.29, 1.82) is 0 Å². The number of carbonyl (C=O) groups is 5. The minimum absolute atomic E-state index is 0.215. The molecule has 1 heterocycles. The molecule has 2 aliphatic rings. The van der Waals surface area contributed by atoms with Crippen LogP contribution in [-0.2, 0) is 28.7 Å². The summed E-state index contributed by atoms with van der Waals surface area (Å²) >= 11 is 12.4. The molecular weight excluding hydrogens is 585 g/mol. The summed E-state index contributed by atoms with van der Waals surface area (Å²) in [6.07, 6.45) is 0.554. The van der Waals surface area contributed by atoms with Gasteiger partial charge in [-0.25, -0.2) is 4.79 Å². The molecule has 3 atom stereocenters. The molecule has 1 aromatic carbocycles. The number of nitrogens with one attached hydrogen (secondary N) is 1. The number of halogens is 2. The minimum atomic E-state index is -1.21. The van der Waals surface area contributed by atoms with Crippen molar-refractivity contribution in [1.82, 2.24) is 15.1 Å². The second-order valence-electron chi connectivity index (χ2n) is 12.7. The summed E-state index contributed by atoms with van der Waals surface area (Å²) in [7, 11) is 1.19. The maximum atomic E-state index is 13.5. The number of amides is 3. The highest BCUT2D eigenvalue weighted by molar-refractivity contribution is 6.39. The number of benzene rings is 1. The van der Waals surface area contributed by atoms with E-state index >= 15 is 0 Å². The summed E-state index contributed by atoms with van der Waals surface area (Å²) in [4.78, 5) is 68.6. The maximum Gasteiger partial charge on any atom is 0.328 e. The van der Waals surface area contributed by atoms with Gasteiger partial charge in [-0.05, 0) is 58.1 Å². The van der Waals surface area contributed by atoms with E-state index in [0.717, 1.165) is 0 Å². The van der Waals surface area contributed by atoms with Crippen LogP contribution in [0, 0.1) is 16.7 Å². The van der Waals surface area contributed by atoms with E-state index in [-0.39, 0.29) is 66.0 Å². The summed E-state index contributed by atoms with van der Waals surface area (Å²) in [5.41, 5.74) is -2.15. The molecule has 2 fully saturated rings. The zero-order valence-corrected chi connectivity index (χ0v) is 26.9. The van der Waals surface area contributed by atoms with Crippen molar-refractivity contribution in [3.63, 3.8) is 0 Å². The van der Waals surface area contributed by atoms with Crippen LogP contribution >= 0.6 is 23.2 Å². The van der Waals surface area contributed by atoms with E-state index in [1.165, 1.54) is 7.11 Å². The van der Waals surface area contributed by atoms with Crippen molar-refractivity contribution in [3.05, 3.63) is 33.8 Å². The van der Waals surface area contributed by atoms with Crippen LogP contribution in [0.3, 0.4) is 0 Å². The van der Waals surface area contributed by atoms with Gasteiger partial charge in [0.15, 0.2) is 0 Å². The van der Waals surface area contributed by atoms with Gasteiger partial charge < -0.3 is 24.6 Å². The molecule has 3 rings (SSSR count). The molecule has 232 valence electrons. The first-order valence-corrected chi connectivity index (χ1v) is 14.8. The van der Waals surface area contributed by atoms with Gasteiger partial charge >= 0.3 is 11.9 Å². The number of ether oxygens (including phenoxy) is 2. The molecule has 1 aliphatic carbocycles. The first-order valence-electron chi connectivity index (χ1n) is 14.1. The fraction of sp³-hybridized carbons (Fsp3) is 0.633. The third-order valence-corrected chi connectivity index (χ3v) is 9.30. The van der Waals surface area contributed by atoms with Crippen LogP contribution in [0.5, 0.6) is 0 Å². The molecule has 1 saturated carbocycles. The molecule has 0 spiro atoms. The van der Waals surface area contributed by atoms with Crippen molar-refractivity contribution >= 4 is 52.9 Å². The lowest BCUT2D eigenvalue weighted by Gasteiger charge is -2.40. The van der Waals surface area contributed by atoms with Gasteiger partial charge in [-0.1, -0.05) is 43.1 Å². The molecule has 42 heavy (non-hydrogen) atoms. The molecular formula is C30H41Cl2N3O7. The zero-order valence-electron chi connectivity index (χ0n) is 25.3. The lowest BCUT2D eigenvalue weighted by Crippen LogP contribution is -2.54. The van der Waals surface area contributed by atoms with Crippen LogP contribution in [0.1, 0.15) is 71.2 Å². The SMILES string of the molecule is COC(=O)C(CC(=O)N1CCN(C(=O)c2c(Cl)cccc2Cl)CC1)NC(=O)C1CCC(C)(C(=O)OC(C)(C)C)C1(C)C. The van der Waals surface area contributed by atoms with Crippen LogP contribution in [0.4, 0.5) is 0 Å². The van der Waals surface area contributed by atoms with Crippen LogP contribution in [0.2, 0.25) is 10.0 Å². The molecule has 0 radical (unpaired) electrons. The summed E-state index contributed by atoms with van der Waals surface area (Å²) < 4.78 is 10.6. The molecule has 10 nitrogen and oxygen atoms in total. The lowest BCUT2D eigenvalue weighted by molar-refractivity contribution is -0.173. The molecule has 12 heteroatoms. The Kier molecular flexibility index (Phi) is 10.3.